The molecule has 0 aliphatic carbocycles. The minimum atomic E-state index is -0.220. The van der Waals surface area contributed by atoms with Crippen molar-refractivity contribution in [3.63, 3.8) is 0 Å². The maximum Gasteiger partial charge on any atom is 0.307 e. The molecule has 2 rings (SSSR count). The van der Waals surface area contributed by atoms with Gasteiger partial charge in [-0.05, 0) is 12.1 Å². The molecule has 0 spiro atoms. The molecule has 0 radical (unpaired) electrons. The molecule has 0 atom stereocenters. The zero-order chi connectivity index (χ0) is 15.8. The maximum atomic E-state index is 11.1. The van der Waals surface area contributed by atoms with Gasteiger partial charge in [0.25, 0.3) is 0 Å². The van der Waals surface area contributed by atoms with E-state index < -0.39 is 0 Å². The third kappa shape index (κ3) is 5.85. The molecule has 7 nitrogen and oxygen atoms in total. The van der Waals surface area contributed by atoms with Gasteiger partial charge in [-0.15, -0.1) is 24.0 Å². The van der Waals surface area contributed by atoms with Crippen LogP contribution in [0.1, 0.15) is 6.42 Å². The number of aromatic nitrogens is 1. The molecular formula is C15H24IN5O2. The second kappa shape index (κ2) is 10.2. The lowest BCUT2D eigenvalue weighted by molar-refractivity contribution is -0.140. The smallest absolute Gasteiger partial charge is 0.307 e. The number of hydrogen-bond acceptors (Lipinski definition) is 5. The number of anilines is 1. The number of hydrogen-bond donors (Lipinski definition) is 1. The molecule has 8 heteroatoms. The Labute approximate surface area is 154 Å². The first-order valence-electron chi connectivity index (χ1n) is 7.43. The largest absolute Gasteiger partial charge is 0.469 e. The van der Waals surface area contributed by atoms with E-state index in [-0.39, 0.29) is 29.9 Å². The Hall–Kier alpha value is -1.58. The highest BCUT2D eigenvalue weighted by Crippen LogP contribution is 2.12. The highest BCUT2D eigenvalue weighted by atomic mass is 127. The van der Waals surface area contributed by atoms with Crippen molar-refractivity contribution < 1.29 is 9.53 Å². The van der Waals surface area contributed by atoms with Gasteiger partial charge in [-0.25, -0.2) is 4.98 Å². The van der Waals surface area contributed by atoms with Gasteiger partial charge in [0.1, 0.15) is 5.82 Å². The van der Waals surface area contributed by atoms with Crippen molar-refractivity contribution in [2.45, 2.75) is 6.42 Å². The van der Waals surface area contributed by atoms with E-state index >= 15 is 0 Å². The lowest BCUT2D eigenvalue weighted by Gasteiger charge is -2.37. The van der Waals surface area contributed by atoms with E-state index in [0.717, 1.165) is 38.0 Å². The summed E-state index contributed by atoms with van der Waals surface area (Å²) in [6.45, 7) is 4.06. The third-order valence-electron chi connectivity index (χ3n) is 3.60. The molecule has 1 aromatic rings. The lowest BCUT2D eigenvalue weighted by Crippen LogP contribution is -2.53. The van der Waals surface area contributed by atoms with Crippen LogP contribution in [0.2, 0.25) is 0 Å². The van der Waals surface area contributed by atoms with Gasteiger partial charge in [-0.3, -0.25) is 9.79 Å². The Bertz CT molecular complexity index is 504. The maximum absolute atomic E-state index is 11.1. The molecule has 0 amide bonds. The Kier molecular flexibility index (Phi) is 8.67. The summed E-state index contributed by atoms with van der Waals surface area (Å²) in [7, 11) is 3.15. The molecule has 2 heterocycles. The molecular weight excluding hydrogens is 409 g/mol. The van der Waals surface area contributed by atoms with E-state index in [1.165, 1.54) is 7.11 Å². The van der Waals surface area contributed by atoms with E-state index in [1.807, 2.05) is 24.4 Å². The highest BCUT2D eigenvalue weighted by molar-refractivity contribution is 14.0. The van der Waals surface area contributed by atoms with Crippen LogP contribution in [0.5, 0.6) is 0 Å². The van der Waals surface area contributed by atoms with Crippen molar-refractivity contribution in [1.82, 2.24) is 15.2 Å². The van der Waals surface area contributed by atoms with Crippen LogP contribution in [0.4, 0.5) is 5.82 Å². The van der Waals surface area contributed by atoms with E-state index in [1.54, 1.807) is 7.05 Å². The number of pyridine rings is 1. The predicted molar refractivity (Wildman–Crippen MR) is 101 cm³/mol. The van der Waals surface area contributed by atoms with E-state index in [9.17, 15) is 4.79 Å². The zero-order valence-corrected chi connectivity index (χ0v) is 15.9. The third-order valence-corrected chi connectivity index (χ3v) is 3.60. The summed E-state index contributed by atoms with van der Waals surface area (Å²) >= 11 is 0. The summed E-state index contributed by atoms with van der Waals surface area (Å²) in [5.74, 6) is 1.61. The number of halogens is 1. The highest BCUT2D eigenvalue weighted by Gasteiger charge is 2.20. The van der Waals surface area contributed by atoms with Crippen LogP contribution in [0, 0.1) is 0 Å². The summed E-state index contributed by atoms with van der Waals surface area (Å²) in [5, 5.41) is 3.20. The van der Waals surface area contributed by atoms with Crippen LogP contribution in [-0.4, -0.2) is 68.7 Å². The van der Waals surface area contributed by atoms with Gasteiger partial charge < -0.3 is 19.9 Å². The number of rotatable bonds is 4. The molecule has 1 fully saturated rings. The van der Waals surface area contributed by atoms with Crippen LogP contribution in [-0.2, 0) is 9.53 Å². The van der Waals surface area contributed by atoms with Gasteiger partial charge in [-0.1, -0.05) is 6.07 Å². The van der Waals surface area contributed by atoms with Crippen molar-refractivity contribution in [2.24, 2.45) is 4.99 Å². The fourth-order valence-corrected chi connectivity index (χ4v) is 2.40. The van der Waals surface area contributed by atoms with Gasteiger partial charge in [0.05, 0.1) is 13.5 Å². The number of piperazine rings is 1. The summed E-state index contributed by atoms with van der Waals surface area (Å²) in [4.78, 5) is 24.2. The number of ether oxygens (including phenoxy) is 1. The van der Waals surface area contributed by atoms with Crippen LogP contribution >= 0.6 is 24.0 Å². The standard InChI is InChI=1S/C15H23N5O2.HI/c1-16-15(18-8-6-14(21)22-2)20-11-9-19(10-12-20)13-5-3-4-7-17-13;/h3-5,7H,6,8-12H2,1-2H3,(H,16,18);1H. The number of methoxy groups -OCH3 is 1. The van der Waals surface area contributed by atoms with Crippen LogP contribution in [0.15, 0.2) is 29.4 Å². The molecule has 1 aliphatic rings. The van der Waals surface area contributed by atoms with Crippen LogP contribution in [0.3, 0.4) is 0 Å². The van der Waals surface area contributed by atoms with Gasteiger partial charge in [-0.2, -0.15) is 0 Å². The fourth-order valence-electron chi connectivity index (χ4n) is 2.40. The molecule has 23 heavy (non-hydrogen) atoms. The molecule has 0 bridgehead atoms. The van der Waals surface area contributed by atoms with Crippen molar-refractivity contribution in [2.75, 3.05) is 51.8 Å². The van der Waals surface area contributed by atoms with Crippen molar-refractivity contribution in [1.29, 1.82) is 0 Å². The average Bonchev–Trinajstić information content (AvgIpc) is 2.59. The SMILES string of the molecule is CN=C(NCCC(=O)OC)N1CCN(c2ccccn2)CC1.I. The van der Waals surface area contributed by atoms with Crippen molar-refractivity contribution >= 4 is 41.7 Å². The predicted octanol–water partition coefficient (Wildman–Crippen LogP) is 0.960. The Morgan fingerprint density at radius 2 is 2.09 bits per heavy atom. The number of carbonyl (C=O) groups is 1. The molecule has 1 aromatic heterocycles. The fraction of sp³-hybridized carbons (Fsp3) is 0.533. The first-order valence-corrected chi connectivity index (χ1v) is 7.43. The average molecular weight is 433 g/mol. The summed E-state index contributed by atoms with van der Waals surface area (Å²) in [6, 6.07) is 5.95. The minimum Gasteiger partial charge on any atom is -0.469 e. The van der Waals surface area contributed by atoms with E-state index in [4.69, 9.17) is 0 Å². The Balaban J connectivity index is 0.00000264. The van der Waals surface area contributed by atoms with Gasteiger partial charge in [0.15, 0.2) is 5.96 Å². The number of nitrogens with zero attached hydrogens (tertiary/aromatic N) is 4. The monoisotopic (exact) mass is 433 g/mol. The lowest BCUT2D eigenvalue weighted by atomic mass is 10.3. The van der Waals surface area contributed by atoms with Gasteiger partial charge in [0, 0.05) is 46.0 Å². The van der Waals surface area contributed by atoms with Crippen LogP contribution in [0.25, 0.3) is 0 Å². The summed E-state index contributed by atoms with van der Waals surface area (Å²) in [6.07, 6.45) is 2.15. The second-order valence-electron chi connectivity index (χ2n) is 4.96. The molecule has 1 saturated heterocycles. The number of aliphatic imine (C=N–C) groups is 1. The Morgan fingerprint density at radius 3 is 2.65 bits per heavy atom. The van der Waals surface area contributed by atoms with Crippen molar-refractivity contribution in [3.8, 4) is 0 Å². The quantitative estimate of drug-likeness (QED) is 0.330. The topological polar surface area (TPSA) is 70.1 Å². The molecule has 0 saturated carbocycles. The number of carbonyl (C=O) groups excluding carboxylic acids is 1. The Morgan fingerprint density at radius 1 is 1.35 bits per heavy atom. The number of nitrogens with one attached hydrogen (secondary N) is 1. The second-order valence-corrected chi connectivity index (χ2v) is 4.96. The van der Waals surface area contributed by atoms with Crippen molar-refractivity contribution in [3.05, 3.63) is 24.4 Å². The van der Waals surface area contributed by atoms with Gasteiger partial charge >= 0.3 is 5.97 Å². The first kappa shape index (κ1) is 19.5. The normalized spacial score (nSPS) is 15.0. The number of esters is 1. The molecule has 1 N–H and O–H groups in total. The number of guanidine groups is 1. The molecule has 0 aromatic carbocycles. The first-order chi connectivity index (χ1) is 10.7. The molecule has 0 unspecified atom stereocenters. The zero-order valence-electron chi connectivity index (χ0n) is 13.6. The van der Waals surface area contributed by atoms with Gasteiger partial charge in [0.2, 0.25) is 0 Å². The van der Waals surface area contributed by atoms with Crippen LogP contribution < -0.4 is 10.2 Å². The summed E-state index contributed by atoms with van der Waals surface area (Å²) < 4.78 is 4.63. The summed E-state index contributed by atoms with van der Waals surface area (Å²) in [5.41, 5.74) is 0. The molecule has 128 valence electrons. The molecule has 1 aliphatic heterocycles. The van der Waals surface area contributed by atoms with E-state index in [0.29, 0.717) is 13.0 Å². The minimum absolute atomic E-state index is 0. The van der Waals surface area contributed by atoms with E-state index in [2.05, 4.69) is 29.8 Å².